The number of nitrogens with one attached hydrogen (secondary N) is 1. The first-order valence-electron chi connectivity index (χ1n) is 30.7. The molecule has 3 aliphatic rings. The molecule has 0 unspecified atom stereocenters. The molecule has 0 bridgehead atoms. The molecule has 18 nitrogen and oxygen atoms in total. The summed E-state index contributed by atoms with van der Waals surface area (Å²) in [6.07, 6.45) is 9.80. The van der Waals surface area contributed by atoms with E-state index in [1.54, 1.807) is 67.9 Å². The van der Waals surface area contributed by atoms with Crippen molar-refractivity contribution in [3.05, 3.63) is 260 Å². The van der Waals surface area contributed by atoms with Crippen LogP contribution in [0.25, 0.3) is 11.1 Å². The molecule has 0 aliphatic carbocycles. The Morgan fingerprint density at radius 3 is 1.27 bits per heavy atom. The standard InChI is InChI=1S/C27H36BNO5.C27H30N2O4.2C6H6BrNO.C5H4BrNO.Na.H/c1-20(21-12-14-23(15-13-21)28-33-25(2,3)26(4,5)34-28)29-18-17-27(16-9-19-30,32-24(29)31)22-10-7-6-8-11-22;1-20(21-9-11-22(12-10-21)23-13-16-28(2)25(31)19-23)29-17-15-27(14-6-18-30,33-26(29)32)24-7-4-3-5-8-24;2*1-8-3-2-5(7)4-6(8)9;6-4-1-2-7-5(8)3-4;;/h6-8,10-15,20,30H,9,16-19H2,1-5H3;3-5,7-13,16,19-20,30H,6,14-15,17-18H2,1-2H3;2*2-4H,1H3;1-3H,(H,7,8);;/q;;;;;+1;-1/t2*20-,27+;;;;;/m00...../s1. The predicted molar refractivity (Wildman–Crippen MR) is 375 cm³/mol. The van der Waals surface area contributed by atoms with E-state index >= 15 is 0 Å². The smallest absolute Gasteiger partial charge is 1.00 e. The number of cyclic esters (lactones) is 2. The van der Waals surface area contributed by atoms with Gasteiger partial charge in [0.1, 0.15) is 11.2 Å². The summed E-state index contributed by atoms with van der Waals surface area (Å²) in [5.41, 5.74) is 4.46. The first kappa shape index (κ1) is 76.6. The minimum atomic E-state index is -0.708. The Kier molecular flexibility index (Phi) is 28.5. The number of amides is 2. The third-order valence-corrected chi connectivity index (χ3v) is 18.7. The maximum atomic E-state index is 13.2. The molecule has 3 saturated heterocycles. The van der Waals surface area contributed by atoms with Crippen molar-refractivity contribution in [1.29, 1.82) is 0 Å². The van der Waals surface area contributed by atoms with Crippen LogP contribution in [0.3, 0.4) is 0 Å². The van der Waals surface area contributed by atoms with Gasteiger partial charge in [-0.25, -0.2) is 9.59 Å². The summed E-state index contributed by atoms with van der Waals surface area (Å²) < 4.78 is 31.5. The Morgan fingerprint density at radius 1 is 0.521 bits per heavy atom. The van der Waals surface area contributed by atoms with E-state index in [2.05, 4.69) is 52.8 Å². The quantitative estimate of drug-likeness (QED) is 0.0868. The van der Waals surface area contributed by atoms with Crippen molar-refractivity contribution in [1.82, 2.24) is 28.5 Å². The number of aliphatic hydroxyl groups is 2. The molecular formula is C71H83BBr3N6NaO12. The van der Waals surface area contributed by atoms with Crippen LogP contribution in [-0.4, -0.2) is 95.5 Å². The second kappa shape index (κ2) is 35.0. The van der Waals surface area contributed by atoms with E-state index in [1.165, 1.54) is 31.9 Å². The van der Waals surface area contributed by atoms with Crippen LogP contribution in [0.1, 0.15) is 116 Å². The van der Waals surface area contributed by atoms with Gasteiger partial charge in [0.05, 0.1) is 23.3 Å². The molecule has 3 N–H and O–H groups in total. The number of halogens is 3. The zero-order valence-electron chi connectivity index (χ0n) is 56.0. The predicted octanol–water partition coefficient (Wildman–Crippen LogP) is 9.73. The first-order chi connectivity index (χ1) is 44.2. The molecule has 23 heteroatoms. The zero-order chi connectivity index (χ0) is 67.7. The third-order valence-electron chi connectivity index (χ3n) is 17.2. The minimum absolute atomic E-state index is 0. The maximum absolute atomic E-state index is 13.2. The van der Waals surface area contributed by atoms with Crippen molar-refractivity contribution in [3.63, 3.8) is 0 Å². The number of ether oxygens (including phenoxy) is 2. The number of hydrogen-bond donors (Lipinski definition) is 3. The summed E-state index contributed by atoms with van der Waals surface area (Å²) in [4.78, 5) is 76.2. The number of carbonyl (C=O) groups excluding carboxylic acids is 2. The number of hydrogen-bond acceptors (Lipinski definition) is 12. The van der Waals surface area contributed by atoms with Gasteiger partial charge in [-0.2, -0.15) is 0 Å². The summed E-state index contributed by atoms with van der Waals surface area (Å²) in [6, 6.07) is 48.9. The number of carbonyl (C=O) groups is 2. The van der Waals surface area contributed by atoms with Gasteiger partial charge in [-0.3, -0.25) is 19.2 Å². The number of benzene rings is 4. The normalized spacial score (nSPS) is 18.3. The molecule has 3 fully saturated rings. The van der Waals surface area contributed by atoms with Gasteiger partial charge >= 0.3 is 48.9 Å². The maximum Gasteiger partial charge on any atom is 1.00 e. The molecule has 4 aromatic heterocycles. The Morgan fingerprint density at radius 2 is 0.915 bits per heavy atom. The van der Waals surface area contributed by atoms with E-state index in [0.29, 0.717) is 51.6 Å². The van der Waals surface area contributed by atoms with E-state index in [0.717, 1.165) is 52.3 Å². The summed E-state index contributed by atoms with van der Waals surface area (Å²) in [5.74, 6) is 0. The van der Waals surface area contributed by atoms with Crippen LogP contribution in [0, 0.1) is 0 Å². The molecule has 11 rings (SSSR count). The van der Waals surface area contributed by atoms with Gasteiger partial charge in [0.25, 0.3) is 16.7 Å². The van der Waals surface area contributed by atoms with Gasteiger partial charge in [0.15, 0.2) is 0 Å². The number of H-pyrrole nitrogens is 1. The second-order valence-corrected chi connectivity index (χ2v) is 26.8. The van der Waals surface area contributed by atoms with Crippen molar-refractivity contribution in [2.45, 2.75) is 115 Å². The van der Waals surface area contributed by atoms with Crippen LogP contribution in [0.15, 0.2) is 215 Å². The SMILES string of the molecule is C[C@@H](c1ccc(-c2ccn(C)c(=O)c2)cc1)N1CC[C@](CCCO)(c2ccccc2)OC1=O.C[C@@H](c1ccc(B2OC(C)(C)C(C)(C)O2)cc1)N1CC[C@](CCCO)(c2ccccc2)OC1=O.Cn1ccc(Br)cc1=O.Cn1ccc(Br)cc1=O.O=c1cc(Br)cc[nH]1.[H-].[Na+]. The fourth-order valence-corrected chi connectivity index (χ4v) is 11.7. The van der Waals surface area contributed by atoms with Crippen molar-refractivity contribution in [2.75, 3.05) is 26.3 Å². The minimum Gasteiger partial charge on any atom is -1.00 e. The number of aromatic nitrogens is 4. The molecule has 94 heavy (non-hydrogen) atoms. The first-order valence-corrected chi connectivity index (χ1v) is 33.1. The van der Waals surface area contributed by atoms with Gasteiger partial charge in [0.2, 0.25) is 5.56 Å². The number of pyridine rings is 4. The summed E-state index contributed by atoms with van der Waals surface area (Å²) in [7, 11) is 4.75. The molecule has 494 valence electrons. The molecule has 4 atom stereocenters. The number of aromatic amines is 1. The van der Waals surface area contributed by atoms with E-state index < -0.39 is 18.3 Å². The zero-order valence-corrected chi connectivity index (χ0v) is 61.7. The number of aryl methyl sites for hydroxylation is 3. The fraction of sp³-hybridized carbons (Fsp3) is 0.352. The third kappa shape index (κ3) is 20.3. The molecule has 4 aromatic carbocycles. The van der Waals surface area contributed by atoms with E-state index in [4.69, 9.17) is 18.8 Å². The van der Waals surface area contributed by atoms with Crippen LogP contribution in [0.4, 0.5) is 9.59 Å². The Bertz CT molecular complexity index is 3940. The fourth-order valence-electron chi connectivity index (χ4n) is 10.7. The van der Waals surface area contributed by atoms with Crippen LogP contribution in [-0.2, 0) is 51.1 Å². The molecule has 3 aliphatic heterocycles. The van der Waals surface area contributed by atoms with Gasteiger partial charge in [-0.05, 0) is 130 Å². The average molecular weight is 1490 g/mol. The van der Waals surface area contributed by atoms with Crippen molar-refractivity contribution >= 4 is 72.6 Å². The summed E-state index contributed by atoms with van der Waals surface area (Å²) in [6.45, 7) is 13.5. The average Bonchev–Trinajstić information content (AvgIpc) is 1.76. The number of nitrogens with zero attached hydrogens (tertiary/aromatic N) is 5. The van der Waals surface area contributed by atoms with Crippen molar-refractivity contribution in [2.24, 2.45) is 21.1 Å². The Hall–Kier alpha value is -6.44. The van der Waals surface area contributed by atoms with E-state index in [-0.39, 0.29) is 102 Å². The monoisotopic (exact) mass is 1480 g/mol. The van der Waals surface area contributed by atoms with Gasteiger partial charge < -0.3 is 58.9 Å². The van der Waals surface area contributed by atoms with Gasteiger partial charge in [0, 0.05) is 123 Å². The molecule has 8 aromatic rings. The van der Waals surface area contributed by atoms with Gasteiger partial charge in [-0.1, -0.05) is 157 Å². The van der Waals surface area contributed by atoms with Crippen LogP contribution >= 0.6 is 47.8 Å². The summed E-state index contributed by atoms with van der Waals surface area (Å²) >= 11 is 9.51. The largest absolute Gasteiger partial charge is 1.00 e. The number of rotatable bonds is 14. The molecule has 2 amide bonds. The van der Waals surface area contributed by atoms with E-state index in [1.807, 2.05) is 169 Å². The molecule has 0 saturated carbocycles. The molecule has 0 spiro atoms. The Balaban J connectivity index is 0.000000246. The Labute approximate surface area is 598 Å². The topological polar surface area (TPSA) is 217 Å². The van der Waals surface area contributed by atoms with E-state index in [9.17, 15) is 39.0 Å². The molecule has 0 radical (unpaired) electrons. The number of aliphatic hydroxyl groups excluding tert-OH is 2. The van der Waals surface area contributed by atoms with Crippen molar-refractivity contribution < 1.29 is 69.6 Å². The summed E-state index contributed by atoms with van der Waals surface area (Å²) in [5, 5.41) is 18.8. The van der Waals surface area contributed by atoms with Crippen LogP contribution in [0.2, 0.25) is 0 Å². The molecular weight excluding hydrogens is 1400 g/mol. The van der Waals surface area contributed by atoms with Crippen LogP contribution < -0.4 is 57.3 Å². The van der Waals surface area contributed by atoms with Gasteiger partial charge in [-0.15, -0.1) is 0 Å². The van der Waals surface area contributed by atoms with Crippen LogP contribution in [0.5, 0.6) is 0 Å². The molecule has 7 heterocycles. The van der Waals surface area contributed by atoms with Crippen molar-refractivity contribution in [3.8, 4) is 11.1 Å². The second-order valence-electron chi connectivity index (χ2n) is 24.1.